The van der Waals surface area contributed by atoms with Crippen LogP contribution < -0.4 is 5.32 Å². The second-order valence-electron chi connectivity index (χ2n) is 4.79. The number of hydrogen-bond donors (Lipinski definition) is 2. The van der Waals surface area contributed by atoms with E-state index in [0.29, 0.717) is 11.3 Å². The van der Waals surface area contributed by atoms with Gasteiger partial charge in [0.1, 0.15) is 0 Å². The molecule has 0 heterocycles. The minimum Gasteiger partial charge on any atom is -0.480 e. The van der Waals surface area contributed by atoms with Crippen LogP contribution in [0.25, 0.3) is 0 Å². The number of carbonyl (C=O) groups is 2. The summed E-state index contributed by atoms with van der Waals surface area (Å²) >= 11 is 0. The number of amides is 1. The number of hydrogen-bond acceptors (Lipinski definition) is 3. The molecule has 0 saturated heterocycles. The van der Waals surface area contributed by atoms with Crippen molar-refractivity contribution < 1.29 is 27.9 Å². The van der Waals surface area contributed by atoms with Gasteiger partial charge in [-0.3, -0.25) is 14.5 Å². The maximum absolute atomic E-state index is 12.4. The normalized spacial score (nSPS) is 14.9. The van der Waals surface area contributed by atoms with Crippen molar-refractivity contribution in [2.75, 3.05) is 13.1 Å². The number of rotatable bonds is 8. The van der Waals surface area contributed by atoms with Crippen LogP contribution in [0.2, 0.25) is 0 Å². The fourth-order valence-corrected chi connectivity index (χ4v) is 1.77. The second-order valence-corrected chi connectivity index (χ2v) is 4.79. The Labute approximate surface area is 116 Å². The van der Waals surface area contributed by atoms with E-state index in [-0.39, 0.29) is 6.04 Å². The lowest BCUT2D eigenvalue weighted by Crippen LogP contribution is -2.51. The predicted molar refractivity (Wildman–Crippen MR) is 67.2 cm³/mol. The molecule has 8 heteroatoms. The molecule has 2 unspecified atom stereocenters. The summed E-state index contributed by atoms with van der Waals surface area (Å²) in [5.74, 6) is -2.01. The number of nitrogens with one attached hydrogen (secondary N) is 1. The Bertz CT molecular complexity index is 334. The van der Waals surface area contributed by atoms with E-state index in [9.17, 15) is 22.8 Å². The van der Waals surface area contributed by atoms with Crippen molar-refractivity contribution in [1.82, 2.24) is 10.2 Å². The molecule has 0 aromatic rings. The number of carbonyl (C=O) groups excluding carboxylic acids is 1. The molecule has 2 N–H and O–H groups in total. The highest BCUT2D eigenvalue weighted by Gasteiger charge is 2.35. The SMILES string of the molecule is CCCC(C)NC(=O)C(C)N(CC(=O)O)CC(F)(F)F. The lowest BCUT2D eigenvalue weighted by molar-refractivity contribution is -0.160. The van der Waals surface area contributed by atoms with Gasteiger partial charge in [0.25, 0.3) is 0 Å². The monoisotopic (exact) mass is 298 g/mol. The Hall–Kier alpha value is -1.31. The summed E-state index contributed by atoms with van der Waals surface area (Å²) in [6, 6.07) is -1.32. The van der Waals surface area contributed by atoms with E-state index in [4.69, 9.17) is 5.11 Å². The van der Waals surface area contributed by atoms with Crippen LogP contribution in [0.15, 0.2) is 0 Å². The zero-order chi connectivity index (χ0) is 15.9. The molecule has 5 nitrogen and oxygen atoms in total. The van der Waals surface area contributed by atoms with Gasteiger partial charge in [-0.1, -0.05) is 13.3 Å². The predicted octanol–water partition coefficient (Wildman–Crippen LogP) is 1.63. The topological polar surface area (TPSA) is 69.6 Å². The summed E-state index contributed by atoms with van der Waals surface area (Å²) in [5, 5.41) is 11.2. The first-order valence-electron chi connectivity index (χ1n) is 6.39. The van der Waals surface area contributed by atoms with Crippen molar-refractivity contribution in [2.45, 2.75) is 51.9 Å². The summed E-state index contributed by atoms with van der Waals surface area (Å²) in [7, 11) is 0. The van der Waals surface area contributed by atoms with E-state index >= 15 is 0 Å². The standard InChI is InChI=1S/C12H21F3N2O3/c1-4-5-8(2)16-11(20)9(3)17(6-10(18)19)7-12(13,14)15/h8-9H,4-7H2,1-3H3,(H,16,20)(H,18,19). The largest absolute Gasteiger partial charge is 0.480 e. The molecular weight excluding hydrogens is 277 g/mol. The van der Waals surface area contributed by atoms with Crippen molar-refractivity contribution in [2.24, 2.45) is 0 Å². The van der Waals surface area contributed by atoms with E-state index in [1.807, 2.05) is 6.92 Å². The van der Waals surface area contributed by atoms with E-state index in [1.54, 1.807) is 6.92 Å². The number of nitrogens with zero attached hydrogens (tertiary/aromatic N) is 1. The molecule has 1 amide bonds. The highest BCUT2D eigenvalue weighted by Crippen LogP contribution is 2.18. The third-order valence-corrected chi connectivity index (χ3v) is 2.76. The van der Waals surface area contributed by atoms with Crippen LogP contribution in [0.3, 0.4) is 0 Å². The molecule has 2 atom stereocenters. The van der Waals surface area contributed by atoms with Crippen LogP contribution in [-0.4, -0.2) is 53.2 Å². The average Bonchev–Trinajstić information content (AvgIpc) is 2.24. The van der Waals surface area contributed by atoms with Gasteiger partial charge < -0.3 is 10.4 Å². The number of alkyl halides is 3. The molecule has 20 heavy (non-hydrogen) atoms. The Kier molecular flexibility index (Phi) is 7.55. The Morgan fingerprint density at radius 2 is 1.85 bits per heavy atom. The van der Waals surface area contributed by atoms with Gasteiger partial charge in [-0.15, -0.1) is 0 Å². The van der Waals surface area contributed by atoms with Crippen molar-refractivity contribution in [3.05, 3.63) is 0 Å². The van der Waals surface area contributed by atoms with E-state index < -0.39 is 37.2 Å². The maximum atomic E-state index is 12.4. The average molecular weight is 298 g/mol. The first-order chi connectivity index (χ1) is 9.06. The molecule has 0 aliphatic carbocycles. The lowest BCUT2D eigenvalue weighted by atomic mass is 10.1. The molecule has 0 bridgehead atoms. The minimum absolute atomic E-state index is 0.160. The van der Waals surface area contributed by atoms with Crippen LogP contribution in [0.4, 0.5) is 13.2 Å². The van der Waals surface area contributed by atoms with Crippen molar-refractivity contribution in [3.63, 3.8) is 0 Å². The number of carboxylic acid groups (broad SMARTS) is 1. The molecule has 118 valence electrons. The molecule has 0 aromatic heterocycles. The van der Waals surface area contributed by atoms with Crippen molar-refractivity contribution in [1.29, 1.82) is 0 Å². The van der Waals surface area contributed by atoms with Gasteiger partial charge in [-0.2, -0.15) is 13.2 Å². The van der Waals surface area contributed by atoms with Crippen LogP contribution >= 0.6 is 0 Å². The molecule has 0 aliphatic heterocycles. The molecule has 0 aliphatic rings. The molecular formula is C12H21F3N2O3. The number of halogens is 3. The fourth-order valence-electron chi connectivity index (χ4n) is 1.77. The Morgan fingerprint density at radius 3 is 2.25 bits per heavy atom. The van der Waals surface area contributed by atoms with Crippen LogP contribution in [-0.2, 0) is 9.59 Å². The van der Waals surface area contributed by atoms with Crippen LogP contribution in [0, 0.1) is 0 Å². The van der Waals surface area contributed by atoms with E-state index in [1.165, 1.54) is 6.92 Å². The van der Waals surface area contributed by atoms with Gasteiger partial charge in [-0.05, 0) is 20.3 Å². The molecule has 0 spiro atoms. The van der Waals surface area contributed by atoms with Gasteiger partial charge in [-0.25, -0.2) is 0 Å². The molecule has 0 rings (SSSR count). The summed E-state index contributed by atoms with van der Waals surface area (Å²) in [5.41, 5.74) is 0. The van der Waals surface area contributed by atoms with E-state index in [0.717, 1.165) is 6.42 Å². The first-order valence-corrected chi connectivity index (χ1v) is 6.39. The maximum Gasteiger partial charge on any atom is 0.401 e. The quantitative estimate of drug-likeness (QED) is 0.714. The molecule has 0 radical (unpaired) electrons. The molecule has 0 fully saturated rings. The first kappa shape index (κ1) is 18.7. The van der Waals surface area contributed by atoms with Gasteiger partial charge >= 0.3 is 12.1 Å². The minimum atomic E-state index is -4.56. The summed E-state index contributed by atoms with van der Waals surface area (Å²) in [6.45, 7) is 2.67. The smallest absolute Gasteiger partial charge is 0.401 e. The van der Waals surface area contributed by atoms with Gasteiger partial charge in [0.05, 0.1) is 19.1 Å². The number of aliphatic carboxylic acids is 1. The summed E-state index contributed by atoms with van der Waals surface area (Å²) in [4.78, 5) is 23.0. The summed E-state index contributed by atoms with van der Waals surface area (Å²) in [6.07, 6.45) is -3.02. The third-order valence-electron chi connectivity index (χ3n) is 2.76. The van der Waals surface area contributed by atoms with Gasteiger partial charge in [0, 0.05) is 6.04 Å². The Morgan fingerprint density at radius 1 is 1.30 bits per heavy atom. The highest BCUT2D eigenvalue weighted by molar-refractivity contribution is 5.82. The zero-order valence-electron chi connectivity index (χ0n) is 11.8. The summed E-state index contributed by atoms with van der Waals surface area (Å²) < 4.78 is 37.2. The van der Waals surface area contributed by atoms with Crippen molar-refractivity contribution in [3.8, 4) is 0 Å². The van der Waals surface area contributed by atoms with Crippen LogP contribution in [0.5, 0.6) is 0 Å². The van der Waals surface area contributed by atoms with Crippen LogP contribution in [0.1, 0.15) is 33.6 Å². The Balaban J connectivity index is 4.71. The number of carboxylic acids is 1. The van der Waals surface area contributed by atoms with E-state index in [2.05, 4.69) is 5.32 Å². The lowest BCUT2D eigenvalue weighted by Gasteiger charge is -2.28. The van der Waals surface area contributed by atoms with Gasteiger partial charge in [0.2, 0.25) is 5.91 Å². The fraction of sp³-hybridized carbons (Fsp3) is 0.833. The highest BCUT2D eigenvalue weighted by atomic mass is 19.4. The molecule has 0 aromatic carbocycles. The second kappa shape index (κ2) is 8.08. The third kappa shape index (κ3) is 7.98. The molecule has 0 saturated carbocycles. The van der Waals surface area contributed by atoms with Gasteiger partial charge in [0.15, 0.2) is 0 Å². The zero-order valence-corrected chi connectivity index (χ0v) is 11.8. The van der Waals surface area contributed by atoms with Crippen molar-refractivity contribution >= 4 is 11.9 Å².